The van der Waals surface area contributed by atoms with Gasteiger partial charge in [-0.25, -0.2) is 4.79 Å². The highest BCUT2D eigenvalue weighted by Crippen LogP contribution is 2.23. The van der Waals surface area contributed by atoms with Crippen LogP contribution in [0.3, 0.4) is 0 Å². The fourth-order valence-electron chi connectivity index (χ4n) is 4.34. The molecule has 0 N–H and O–H groups in total. The van der Waals surface area contributed by atoms with Crippen LogP contribution >= 0.6 is 0 Å². The SMILES string of the molecule is CC(OC(=O)c1ccc(OCC(=O)N2C(C)CCCC2C)cc1)C(=O)N(C)Cc1ccccc1. The molecule has 2 amide bonds. The molecule has 1 heterocycles. The maximum absolute atomic E-state index is 12.6. The third-order valence-electron chi connectivity index (χ3n) is 6.20. The molecule has 1 saturated heterocycles. The number of rotatable bonds is 8. The molecule has 1 aliphatic heterocycles. The van der Waals surface area contributed by atoms with Crippen molar-refractivity contribution in [1.29, 1.82) is 0 Å². The van der Waals surface area contributed by atoms with Gasteiger partial charge in [-0.1, -0.05) is 30.3 Å². The maximum Gasteiger partial charge on any atom is 0.338 e. The number of carbonyl (C=O) groups excluding carboxylic acids is 3. The zero-order chi connectivity index (χ0) is 24.7. The van der Waals surface area contributed by atoms with Crippen molar-refractivity contribution in [3.8, 4) is 5.75 Å². The molecular formula is C27H34N2O5. The zero-order valence-electron chi connectivity index (χ0n) is 20.4. The Kier molecular flexibility index (Phi) is 8.68. The smallest absolute Gasteiger partial charge is 0.338 e. The molecule has 3 unspecified atom stereocenters. The van der Waals surface area contributed by atoms with Crippen molar-refractivity contribution in [2.45, 2.75) is 64.8 Å². The average molecular weight is 467 g/mol. The Labute approximate surface area is 201 Å². The van der Waals surface area contributed by atoms with Crippen molar-refractivity contribution in [2.75, 3.05) is 13.7 Å². The van der Waals surface area contributed by atoms with Gasteiger partial charge in [0, 0.05) is 25.7 Å². The topological polar surface area (TPSA) is 76.1 Å². The van der Waals surface area contributed by atoms with E-state index in [2.05, 4.69) is 13.8 Å². The van der Waals surface area contributed by atoms with Gasteiger partial charge in [-0.2, -0.15) is 0 Å². The van der Waals surface area contributed by atoms with E-state index in [1.54, 1.807) is 38.2 Å². The first-order valence-electron chi connectivity index (χ1n) is 11.8. The number of hydrogen-bond donors (Lipinski definition) is 0. The minimum atomic E-state index is -0.914. The van der Waals surface area contributed by atoms with E-state index < -0.39 is 12.1 Å². The molecule has 0 aromatic heterocycles. The lowest BCUT2D eigenvalue weighted by atomic mass is 9.97. The second-order valence-electron chi connectivity index (χ2n) is 8.97. The van der Waals surface area contributed by atoms with Gasteiger partial charge in [-0.3, -0.25) is 9.59 Å². The number of amides is 2. The summed E-state index contributed by atoms with van der Waals surface area (Å²) in [6.07, 6.45) is 2.24. The number of carbonyl (C=O) groups is 3. The minimum absolute atomic E-state index is 0.0323. The average Bonchev–Trinajstić information content (AvgIpc) is 2.83. The summed E-state index contributed by atoms with van der Waals surface area (Å²) in [7, 11) is 1.68. The quantitative estimate of drug-likeness (QED) is 0.549. The summed E-state index contributed by atoms with van der Waals surface area (Å²) in [6, 6.07) is 16.4. The van der Waals surface area contributed by atoms with Gasteiger partial charge in [0.05, 0.1) is 5.56 Å². The molecule has 182 valence electrons. The van der Waals surface area contributed by atoms with Gasteiger partial charge in [0.2, 0.25) is 0 Å². The van der Waals surface area contributed by atoms with Crippen LogP contribution in [0.25, 0.3) is 0 Å². The van der Waals surface area contributed by atoms with Crippen LogP contribution in [0.2, 0.25) is 0 Å². The molecule has 0 spiro atoms. The van der Waals surface area contributed by atoms with Crippen LogP contribution in [0.4, 0.5) is 0 Å². The van der Waals surface area contributed by atoms with Gasteiger partial charge in [0.15, 0.2) is 12.7 Å². The number of benzene rings is 2. The number of esters is 1. The van der Waals surface area contributed by atoms with E-state index in [4.69, 9.17) is 9.47 Å². The highest BCUT2D eigenvalue weighted by molar-refractivity contribution is 5.92. The van der Waals surface area contributed by atoms with Gasteiger partial charge in [-0.05, 0) is 69.9 Å². The number of piperidine rings is 1. The van der Waals surface area contributed by atoms with Gasteiger partial charge in [-0.15, -0.1) is 0 Å². The highest BCUT2D eigenvalue weighted by atomic mass is 16.5. The maximum atomic E-state index is 12.6. The molecule has 0 saturated carbocycles. The number of hydrogen-bond acceptors (Lipinski definition) is 5. The Bertz CT molecular complexity index is 966. The first kappa shape index (κ1) is 25.3. The lowest BCUT2D eigenvalue weighted by molar-refractivity contribution is -0.139. The second kappa shape index (κ2) is 11.7. The first-order chi connectivity index (χ1) is 16.3. The number of likely N-dealkylation sites (N-methyl/N-ethyl adjacent to an activating group) is 1. The molecule has 1 fully saturated rings. The second-order valence-corrected chi connectivity index (χ2v) is 8.97. The molecular weight excluding hydrogens is 432 g/mol. The van der Waals surface area contributed by atoms with Gasteiger partial charge in [0.1, 0.15) is 5.75 Å². The van der Waals surface area contributed by atoms with Crippen LogP contribution in [0.15, 0.2) is 54.6 Å². The molecule has 0 bridgehead atoms. The van der Waals surface area contributed by atoms with Gasteiger partial charge < -0.3 is 19.3 Å². The van der Waals surface area contributed by atoms with Crippen LogP contribution in [0, 0.1) is 0 Å². The fraction of sp³-hybridized carbons (Fsp3) is 0.444. The van der Waals surface area contributed by atoms with E-state index in [0.29, 0.717) is 17.9 Å². The fourth-order valence-corrected chi connectivity index (χ4v) is 4.34. The Morgan fingerprint density at radius 1 is 1.00 bits per heavy atom. The normalized spacial score (nSPS) is 18.6. The standard InChI is InChI=1S/C27H34N2O5/c1-19-9-8-10-20(2)29(19)25(30)18-33-24-15-13-23(14-16-24)27(32)34-21(3)26(31)28(4)17-22-11-6-5-7-12-22/h5-7,11-16,19-21H,8-10,17-18H2,1-4H3. The summed E-state index contributed by atoms with van der Waals surface area (Å²) in [6.45, 7) is 6.09. The van der Waals surface area contributed by atoms with E-state index in [1.807, 2.05) is 35.2 Å². The number of likely N-dealkylation sites (tertiary alicyclic amines) is 1. The van der Waals surface area contributed by atoms with Gasteiger partial charge >= 0.3 is 5.97 Å². The van der Waals surface area contributed by atoms with Crippen LogP contribution < -0.4 is 4.74 Å². The van der Waals surface area contributed by atoms with Crippen LogP contribution in [0.1, 0.15) is 56.0 Å². The summed E-state index contributed by atoms with van der Waals surface area (Å²) < 4.78 is 11.0. The van der Waals surface area contributed by atoms with E-state index in [-0.39, 0.29) is 30.5 Å². The Morgan fingerprint density at radius 3 is 2.24 bits per heavy atom. The van der Waals surface area contributed by atoms with E-state index in [1.165, 1.54) is 4.90 Å². The van der Waals surface area contributed by atoms with Crippen LogP contribution in [-0.2, 0) is 20.9 Å². The van der Waals surface area contributed by atoms with Crippen molar-refractivity contribution in [3.05, 3.63) is 65.7 Å². The molecule has 0 radical (unpaired) electrons. The molecule has 2 aromatic carbocycles. The lowest BCUT2D eigenvalue weighted by Gasteiger charge is -2.38. The first-order valence-corrected chi connectivity index (χ1v) is 11.8. The third kappa shape index (κ3) is 6.59. The summed E-state index contributed by atoms with van der Waals surface area (Å²) >= 11 is 0. The Hall–Kier alpha value is -3.35. The highest BCUT2D eigenvalue weighted by Gasteiger charge is 2.29. The van der Waals surface area contributed by atoms with Gasteiger partial charge in [0.25, 0.3) is 11.8 Å². The van der Waals surface area contributed by atoms with Crippen molar-refractivity contribution in [2.24, 2.45) is 0 Å². The summed E-state index contributed by atoms with van der Waals surface area (Å²) in [5, 5.41) is 0. The molecule has 2 aromatic rings. The zero-order valence-corrected chi connectivity index (χ0v) is 20.4. The largest absolute Gasteiger partial charge is 0.484 e. The van der Waals surface area contributed by atoms with Crippen molar-refractivity contribution in [3.63, 3.8) is 0 Å². The lowest BCUT2D eigenvalue weighted by Crippen LogP contribution is -2.49. The Balaban J connectivity index is 1.49. The van der Waals surface area contributed by atoms with Crippen LogP contribution in [-0.4, -0.2) is 59.4 Å². The number of nitrogens with zero attached hydrogens (tertiary/aromatic N) is 2. The summed E-state index contributed by atoms with van der Waals surface area (Å²) in [4.78, 5) is 41.1. The molecule has 0 aliphatic carbocycles. The van der Waals surface area contributed by atoms with E-state index in [9.17, 15) is 14.4 Å². The van der Waals surface area contributed by atoms with Crippen molar-refractivity contribution in [1.82, 2.24) is 9.80 Å². The molecule has 3 rings (SSSR count). The number of ether oxygens (including phenoxy) is 2. The molecule has 34 heavy (non-hydrogen) atoms. The Morgan fingerprint density at radius 2 is 1.62 bits per heavy atom. The van der Waals surface area contributed by atoms with Crippen LogP contribution in [0.5, 0.6) is 5.75 Å². The third-order valence-corrected chi connectivity index (χ3v) is 6.20. The molecule has 7 heteroatoms. The predicted molar refractivity (Wildman–Crippen MR) is 129 cm³/mol. The summed E-state index contributed by atoms with van der Waals surface area (Å²) in [5.41, 5.74) is 1.30. The summed E-state index contributed by atoms with van der Waals surface area (Å²) in [5.74, 6) is -0.409. The van der Waals surface area contributed by atoms with E-state index >= 15 is 0 Å². The molecule has 3 atom stereocenters. The monoisotopic (exact) mass is 466 g/mol. The molecule has 7 nitrogen and oxygen atoms in total. The predicted octanol–water partition coefficient (Wildman–Crippen LogP) is 4.06. The van der Waals surface area contributed by atoms with E-state index in [0.717, 1.165) is 24.8 Å². The van der Waals surface area contributed by atoms with Crippen molar-refractivity contribution < 1.29 is 23.9 Å². The molecule has 1 aliphatic rings. The minimum Gasteiger partial charge on any atom is -0.484 e. The van der Waals surface area contributed by atoms with Crippen molar-refractivity contribution >= 4 is 17.8 Å².